The third-order valence-corrected chi connectivity index (χ3v) is 10.1. The van der Waals surface area contributed by atoms with Gasteiger partial charge in [-0.25, -0.2) is 4.98 Å². The second-order valence-electron chi connectivity index (χ2n) is 11.3. The number of nitrogen functional groups attached to an aromatic ring is 1. The normalized spacial score (nSPS) is 17.8. The number of nitrogens with zero attached hydrogens (tertiary/aromatic N) is 1. The Balaban J connectivity index is 1.09. The fourth-order valence-electron chi connectivity index (χ4n) is 5.32. The highest BCUT2D eigenvalue weighted by molar-refractivity contribution is 8.01. The lowest BCUT2D eigenvalue weighted by Gasteiger charge is -2.36. The Hall–Kier alpha value is -4.26. The molecule has 1 saturated heterocycles. The maximum absolute atomic E-state index is 12.8. The van der Waals surface area contributed by atoms with E-state index >= 15 is 0 Å². The minimum atomic E-state index is -0.654. The van der Waals surface area contributed by atoms with Crippen molar-refractivity contribution >= 4 is 62.2 Å². The Labute approximate surface area is 281 Å². The first-order valence-electron chi connectivity index (χ1n) is 15.5. The number of benzene rings is 4. The van der Waals surface area contributed by atoms with Crippen molar-refractivity contribution in [2.45, 2.75) is 55.1 Å². The Kier molecular flexibility index (Phi) is 10.8. The molecule has 0 aliphatic carbocycles. The van der Waals surface area contributed by atoms with Crippen molar-refractivity contribution in [3.8, 4) is 0 Å². The summed E-state index contributed by atoms with van der Waals surface area (Å²) in [6.07, 6.45) is 0.440. The predicted octanol–water partition coefficient (Wildman–Crippen LogP) is 7.46. The molecule has 242 valence electrons. The number of carbonyl (C=O) groups excluding carboxylic acids is 2. The predicted molar refractivity (Wildman–Crippen MR) is 187 cm³/mol. The monoisotopic (exact) mass is 668 g/mol. The third kappa shape index (κ3) is 8.76. The van der Waals surface area contributed by atoms with Crippen molar-refractivity contribution in [2.24, 2.45) is 0 Å². The second kappa shape index (κ2) is 15.6. The van der Waals surface area contributed by atoms with E-state index in [0.717, 1.165) is 31.2 Å². The first-order valence-corrected chi connectivity index (χ1v) is 17.3. The van der Waals surface area contributed by atoms with Crippen LogP contribution in [0.4, 0.5) is 17.1 Å². The van der Waals surface area contributed by atoms with Gasteiger partial charge in [-0.3, -0.25) is 9.59 Å². The molecule has 2 heterocycles. The van der Waals surface area contributed by atoms with Gasteiger partial charge in [0.05, 0.1) is 40.4 Å². The van der Waals surface area contributed by atoms with Crippen LogP contribution >= 0.6 is 23.1 Å². The molecule has 6 rings (SSSR count). The van der Waals surface area contributed by atoms with E-state index in [-0.39, 0.29) is 43.5 Å². The van der Waals surface area contributed by atoms with Crippen LogP contribution in [0.15, 0.2) is 101 Å². The highest BCUT2D eigenvalue weighted by Gasteiger charge is 2.32. The minimum absolute atomic E-state index is 0.0203. The number of fused-ring (bicyclic) bond motifs is 1. The summed E-state index contributed by atoms with van der Waals surface area (Å²) in [4.78, 5) is 29.9. The van der Waals surface area contributed by atoms with E-state index in [0.29, 0.717) is 35.7 Å². The van der Waals surface area contributed by atoms with Gasteiger partial charge >= 0.3 is 0 Å². The molecule has 0 saturated carbocycles. The molecule has 5 aromatic rings. The lowest BCUT2D eigenvalue weighted by Crippen LogP contribution is -2.31. The minimum Gasteiger partial charge on any atom is -0.397 e. The van der Waals surface area contributed by atoms with E-state index in [1.54, 1.807) is 47.4 Å². The zero-order valence-electron chi connectivity index (χ0n) is 25.6. The zero-order valence-corrected chi connectivity index (χ0v) is 27.3. The lowest BCUT2D eigenvalue weighted by atomic mass is 10.0. The van der Waals surface area contributed by atoms with Crippen LogP contribution in [0.1, 0.15) is 54.8 Å². The molecule has 0 bridgehead atoms. The van der Waals surface area contributed by atoms with Crippen LogP contribution in [-0.2, 0) is 25.7 Å². The molecule has 1 aliphatic heterocycles. The maximum Gasteiger partial charge on any atom is 0.224 e. The van der Waals surface area contributed by atoms with Crippen LogP contribution in [0, 0.1) is 0 Å². The van der Waals surface area contributed by atoms with Gasteiger partial charge in [-0.15, -0.1) is 11.3 Å². The molecule has 4 aromatic carbocycles. The summed E-state index contributed by atoms with van der Waals surface area (Å²) >= 11 is 3.35. The summed E-state index contributed by atoms with van der Waals surface area (Å²) in [6.45, 7) is -0.0203. The molecule has 1 aliphatic rings. The fourth-order valence-corrected chi connectivity index (χ4v) is 7.43. The Morgan fingerprint density at radius 1 is 0.894 bits per heavy atom. The average molecular weight is 669 g/mol. The van der Waals surface area contributed by atoms with Crippen LogP contribution in [0.25, 0.3) is 10.2 Å². The third-order valence-electron chi connectivity index (χ3n) is 7.77. The largest absolute Gasteiger partial charge is 0.397 e. The zero-order chi connectivity index (χ0) is 32.6. The summed E-state index contributed by atoms with van der Waals surface area (Å²) in [5.74, 6) is 0.318. The smallest absolute Gasteiger partial charge is 0.224 e. The number of carbonyl (C=O) groups is 2. The molecule has 9 nitrogen and oxygen atoms in total. The van der Waals surface area contributed by atoms with Crippen molar-refractivity contribution in [3.05, 3.63) is 114 Å². The molecule has 0 radical (unpaired) electrons. The number of thiazole rings is 1. The molecule has 0 unspecified atom stereocenters. The van der Waals surface area contributed by atoms with Crippen LogP contribution in [-0.4, -0.2) is 33.8 Å². The van der Waals surface area contributed by atoms with Gasteiger partial charge in [-0.1, -0.05) is 72.4 Å². The number of anilines is 3. The maximum atomic E-state index is 12.8. The van der Waals surface area contributed by atoms with E-state index in [4.69, 9.17) is 20.2 Å². The van der Waals surface area contributed by atoms with Crippen LogP contribution < -0.4 is 16.4 Å². The number of nitrogens with two attached hydrogens (primary N) is 1. The van der Waals surface area contributed by atoms with E-state index in [2.05, 4.69) is 16.7 Å². The highest BCUT2D eigenvalue weighted by Crippen LogP contribution is 2.40. The second-order valence-corrected chi connectivity index (χ2v) is 13.6. The van der Waals surface area contributed by atoms with Gasteiger partial charge in [0.2, 0.25) is 11.8 Å². The molecule has 1 fully saturated rings. The van der Waals surface area contributed by atoms with Gasteiger partial charge < -0.3 is 30.9 Å². The SMILES string of the molecule is Nc1ccccc1NC(=O)CCCC(=O)Nc1cccc([C@@H]2O[C@H](CSc3nc4ccccc4s3)C[C@H](c3ccc(CO)cc3)O2)c1. The van der Waals surface area contributed by atoms with Gasteiger partial charge in [0.25, 0.3) is 0 Å². The van der Waals surface area contributed by atoms with E-state index < -0.39 is 6.29 Å². The molecular weight excluding hydrogens is 633 g/mol. The van der Waals surface area contributed by atoms with Crippen molar-refractivity contribution in [2.75, 3.05) is 22.1 Å². The molecular formula is C36H36N4O5S2. The number of hydrogen-bond acceptors (Lipinski definition) is 9. The van der Waals surface area contributed by atoms with Crippen LogP contribution in [0.2, 0.25) is 0 Å². The number of thioether (sulfide) groups is 1. The van der Waals surface area contributed by atoms with E-state index in [1.165, 1.54) is 0 Å². The van der Waals surface area contributed by atoms with Gasteiger partial charge in [0, 0.05) is 36.3 Å². The first kappa shape index (κ1) is 32.7. The number of para-hydroxylation sites is 3. The number of nitrogens with one attached hydrogen (secondary N) is 2. The highest BCUT2D eigenvalue weighted by atomic mass is 32.2. The van der Waals surface area contributed by atoms with Gasteiger partial charge in [0.1, 0.15) is 0 Å². The van der Waals surface area contributed by atoms with Gasteiger partial charge in [0.15, 0.2) is 10.6 Å². The number of hydrogen-bond donors (Lipinski definition) is 4. The number of aromatic nitrogens is 1. The summed E-state index contributed by atoms with van der Waals surface area (Å²) in [7, 11) is 0. The summed E-state index contributed by atoms with van der Waals surface area (Å²) in [5.41, 5.74) is 11.2. The van der Waals surface area contributed by atoms with Gasteiger partial charge in [-0.2, -0.15) is 0 Å². The van der Waals surface area contributed by atoms with E-state index in [9.17, 15) is 14.7 Å². The topological polar surface area (TPSA) is 136 Å². The number of ether oxygens (including phenoxy) is 2. The number of amides is 2. The molecule has 11 heteroatoms. The van der Waals surface area contributed by atoms with Crippen molar-refractivity contribution in [3.63, 3.8) is 0 Å². The molecule has 2 amide bonds. The van der Waals surface area contributed by atoms with Crippen LogP contribution in [0.3, 0.4) is 0 Å². The Morgan fingerprint density at radius 3 is 2.45 bits per heavy atom. The summed E-state index contributed by atoms with van der Waals surface area (Å²) in [5, 5.41) is 15.2. The first-order chi connectivity index (χ1) is 22.9. The van der Waals surface area contributed by atoms with E-state index in [1.807, 2.05) is 66.7 Å². The van der Waals surface area contributed by atoms with Crippen LogP contribution in [0.5, 0.6) is 0 Å². The fraction of sp³-hybridized carbons (Fsp3) is 0.250. The average Bonchev–Trinajstić information content (AvgIpc) is 3.52. The van der Waals surface area contributed by atoms with Crippen molar-refractivity contribution in [1.82, 2.24) is 4.98 Å². The molecule has 47 heavy (non-hydrogen) atoms. The number of rotatable bonds is 12. The van der Waals surface area contributed by atoms with Crippen molar-refractivity contribution < 1.29 is 24.2 Å². The number of aliphatic hydroxyl groups is 1. The van der Waals surface area contributed by atoms with Crippen molar-refractivity contribution in [1.29, 1.82) is 0 Å². The number of aliphatic hydroxyl groups excluding tert-OH is 1. The lowest BCUT2D eigenvalue weighted by molar-refractivity contribution is -0.245. The Bertz CT molecular complexity index is 1800. The quantitative estimate of drug-likeness (QED) is 0.0795. The molecule has 1 aromatic heterocycles. The molecule has 3 atom stereocenters. The standard InChI is InChI=1S/C36H36N4O5S2/c37-28-9-1-2-10-29(28)39-34(43)14-6-13-33(42)38-26-8-5-7-25(19-26)35-44-27(20-31(45-35)24-17-15-23(21-41)16-18-24)22-46-36-40-30-11-3-4-12-32(30)47-36/h1-5,7-12,15-19,27,31,35,41H,6,13-14,20-22,37H2,(H,38,42)(H,39,43)/t27-,31+,35+/m0/s1. The summed E-state index contributed by atoms with van der Waals surface area (Å²) < 4.78 is 15.1. The summed E-state index contributed by atoms with van der Waals surface area (Å²) in [6, 6.07) is 30.4. The Morgan fingerprint density at radius 2 is 1.66 bits per heavy atom. The van der Waals surface area contributed by atoms with Gasteiger partial charge in [-0.05, 0) is 53.9 Å². The molecule has 5 N–H and O–H groups in total. The molecule has 0 spiro atoms.